The molecule has 1 heterocycles. The highest BCUT2D eigenvalue weighted by atomic mass is 35.5. The highest BCUT2D eigenvalue weighted by molar-refractivity contribution is 6.37. The van der Waals surface area contributed by atoms with Crippen LogP contribution in [0.4, 0.5) is 5.69 Å². The fraction of sp³-hybridized carbons (Fsp3) is 0.273. The summed E-state index contributed by atoms with van der Waals surface area (Å²) >= 11 is 11.8. The third-order valence-electron chi connectivity index (χ3n) is 2.48. The summed E-state index contributed by atoms with van der Waals surface area (Å²) in [6, 6.07) is 3.17. The smallest absolute Gasteiger partial charge is 0.215 e. The number of aliphatic hydroxyl groups is 1. The minimum absolute atomic E-state index is 0.0528. The zero-order chi connectivity index (χ0) is 12.8. The van der Waals surface area contributed by atoms with E-state index in [1.165, 1.54) is 0 Å². The highest BCUT2D eigenvalue weighted by Gasteiger charge is 2.31. The van der Waals surface area contributed by atoms with Gasteiger partial charge in [0.15, 0.2) is 5.84 Å². The second-order valence-electron chi connectivity index (χ2n) is 4.28. The van der Waals surface area contributed by atoms with Gasteiger partial charge in [0.2, 0.25) is 5.90 Å². The van der Waals surface area contributed by atoms with Crippen LogP contribution in [-0.2, 0) is 0 Å². The molecule has 0 amide bonds. The Bertz CT molecular complexity index is 550. The summed E-state index contributed by atoms with van der Waals surface area (Å²) in [5, 5.41) is 10.4. The molecule has 2 rings (SSSR count). The van der Waals surface area contributed by atoms with E-state index in [9.17, 15) is 5.11 Å². The minimum atomic E-state index is -0.740. The molecule has 0 unspecified atom stereocenters. The van der Waals surface area contributed by atoms with Gasteiger partial charge < -0.3 is 10.8 Å². The van der Waals surface area contributed by atoms with Gasteiger partial charge in [-0.25, -0.2) is 4.99 Å². The van der Waals surface area contributed by atoms with Crippen molar-refractivity contribution in [3.05, 3.63) is 27.7 Å². The Balaban J connectivity index is 2.58. The number of nitrogens with two attached hydrogens (primary N) is 1. The maximum atomic E-state index is 9.65. The van der Waals surface area contributed by atoms with Crippen molar-refractivity contribution >= 4 is 40.6 Å². The van der Waals surface area contributed by atoms with Crippen LogP contribution in [0.5, 0.6) is 0 Å². The summed E-state index contributed by atoms with van der Waals surface area (Å²) in [4.78, 5) is 8.26. The molecule has 3 N–H and O–H groups in total. The lowest BCUT2D eigenvalue weighted by Crippen LogP contribution is -2.25. The van der Waals surface area contributed by atoms with Crippen LogP contribution in [0.3, 0.4) is 0 Å². The Morgan fingerprint density at radius 2 is 1.94 bits per heavy atom. The summed E-state index contributed by atoms with van der Waals surface area (Å²) in [5.74, 6) is 0.289. The first-order chi connectivity index (χ1) is 7.81. The van der Waals surface area contributed by atoms with Gasteiger partial charge in [-0.05, 0) is 26.0 Å². The van der Waals surface area contributed by atoms with Crippen molar-refractivity contribution < 1.29 is 5.11 Å². The largest absolute Gasteiger partial charge is 0.495 e. The molecule has 6 heteroatoms. The van der Waals surface area contributed by atoms with E-state index < -0.39 is 5.54 Å². The molecular formula is C11H11Cl2N3O. The lowest BCUT2D eigenvalue weighted by Gasteiger charge is -2.11. The number of amidine groups is 1. The van der Waals surface area contributed by atoms with Crippen molar-refractivity contribution in [1.82, 2.24) is 0 Å². The van der Waals surface area contributed by atoms with Crippen LogP contribution in [-0.4, -0.2) is 22.4 Å². The van der Waals surface area contributed by atoms with Crippen LogP contribution >= 0.6 is 23.2 Å². The number of anilines is 1. The molecule has 17 heavy (non-hydrogen) atoms. The van der Waals surface area contributed by atoms with E-state index in [1.807, 2.05) is 0 Å². The number of aliphatic imine (C=N–C) groups is 2. The van der Waals surface area contributed by atoms with E-state index in [4.69, 9.17) is 28.9 Å². The molecular weight excluding hydrogens is 261 g/mol. The van der Waals surface area contributed by atoms with Crippen LogP contribution in [0.25, 0.3) is 0 Å². The third-order valence-corrected chi connectivity index (χ3v) is 3.01. The van der Waals surface area contributed by atoms with E-state index in [1.54, 1.807) is 26.0 Å². The Labute approximate surface area is 109 Å². The molecule has 0 spiro atoms. The Morgan fingerprint density at radius 3 is 2.47 bits per heavy atom. The van der Waals surface area contributed by atoms with Crippen molar-refractivity contribution in [1.29, 1.82) is 0 Å². The van der Waals surface area contributed by atoms with Gasteiger partial charge in [0.1, 0.15) is 5.54 Å². The Hall–Kier alpha value is -1.26. The number of halogens is 2. The molecule has 0 saturated carbocycles. The van der Waals surface area contributed by atoms with Gasteiger partial charge in [-0.2, -0.15) is 4.99 Å². The maximum Gasteiger partial charge on any atom is 0.215 e. The van der Waals surface area contributed by atoms with E-state index in [0.29, 0.717) is 27.1 Å². The number of hydrogen-bond acceptors (Lipinski definition) is 3. The molecule has 0 bridgehead atoms. The van der Waals surface area contributed by atoms with Crippen molar-refractivity contribution in [2.75, 3.05) is 5.73 Å². The van der Waals surface area contributed by atoms with Gasteiger partial charge in [-0.15, -0.1) is 0 Å². The monoisotopic (exact) mass is 271 g/mol. The molecule has 0 aromatic heterocycles. The Morgan fingerprint density at radius 1 is 1.29 bits per heavy atom. The van der Waals surface area contributed by atoms with Gasteiger partial charge >= 0.3 is 0 Å². The van der Waals surface area contributed by atoms with Crippen LogP contribution in [0.1, 0.15) is 19.4 Å². The molecule has 1 aliphatic rings. The second kappa shape index (κ2) is 3.89. The SMILES string of the molecule is CC1(C)N=C(c2cc(Cl)cc(Cl)c2N)N=C1O. The van der Waals surface area contributed by atoms with Crippen LogP contribution in [0.2, 0.25) is 10.0 Å². The van der Waals surface area contributed by atoms with Crippen molar-refractivity contribution in [3.63, 3.8) is 0 Å². The average Bonchev–Trinajstić information content (AvgIpc) is 2.47. The quantitative estimate of drug-likeness (QED) is 0.771. The van der Waals surface area contributed by atoms with E-state index in [-0.39, 0.29) is 5.90 Å². The fourth-order valence-corrected chi connectivity index (χ4v) is 1.96. The van der Waals surface area contributed by atoms with Gasteiger partial charge in [0.05, 0.1) is 10.7 Å². The van der Waals surface area contributed by atoms with E-state index in [2.05, 4.69) is 9.98 Å². The number of aliphatic hydroxyl groups excluding tert-OH is 1. The molecule has 1 aromatic rings. The number of nitrogens with zero attached hydrogens (tertiary/aromatic N) is 2. The standard InChI is InChI=1S/C11H11Cl2N3O/c1-11(2)10(17)15-9(16-11)6-3-5(12)4-7(13)8(6)14/h3-4H,14H2,1-2H3,(H,15,16,17). The first kappa shape index (κ1) is 12.2. The molecule has 1 aliphatic heterocycles. The average molecular weight is 272 g/mol. The first-order valence-corrected chi connectivity index (χ1v) is 5.70. The lowest BCUT2D eigenvalue weighted by molar-refractivity contribution is 0.482. The predicted molar refractivity (Wildman–Crippen MR) is 71.6 cm³/mol. The number of benzene rings is 1. The van der Waals surface area contributed by atoms with Gasteiger partial charge in [0, 0.05) is 10.6 Å². The van der Waals surface area contributed by atoms with Crippen molar-refractivity contribution in [3.8, 4) is 0 Å². The molecule has 0 fully saturated rings. The van der Waals surface area contributed by atoms with Gasteiger partial charge in [-0.3, -0.25) is 0 Å². The summed E-state index contributed by atoms with van der Waals surface area (Å²) in [6.07, 6.45) is 0. The second-order valence-corrected chi connectivity index (χ2v) is 5.12. The maximum absolute atomic E-state index is 9.65. The normalized spacial score (nSPS) is 17.9. The molecule has 0 saturated heterocycles. The lowest BCUT2D eigenvalue weighted by atomic mass is 10.1. The van der Waals surface area contributed by atoms with Crippen molar-refractivity contribution in [2.24, 2.45) is 9.98 Å². The number of nitrogen functional groups attached to an aromatic ring is 1. The summed E-state index contributed by atoms with van der Waals surface area (Å²) in [7, 11) is 0. The topological polar surface area (TPSA) is 71.0 Å². The molecule has 0 atom stereocenters. The molecule has 4 nitrogen and oxygen atoms in total. The fourth-order valence-electron chi connectivity index (χ4n) is 1.47. The summed E-state index contributed by atoms with van der Waals surface area (Å²) < 4.78 is 0. The van der Waals surface area contributed by atoms with Crippen LogP contribution in [0.15, 0.2) is 22.1 Å². The highest BCUT2D eigenvalue weighted by Crippen LogP contribution is 2.31. The Kier molecular flexibility index (Phi) is 2.79. The predicted octanol–water partition coefficient (Wildman–Crippen LogP) is 3.07. The molecule has 0 radical (unpaired) electrons. The van der Waals surface area contributed by atoms with Gasteiger partial charge in [-0.1, -0.05) is 23.2 Å². The van der Waals surface area contributed by atoms with E-state index in [0.717, 1.165) is 0 Å². The molecule has 1 aromatic carbocycles. The number of rotatable bonds is 1. The number of hydrogen-bond donors (Lipinski definition) is 2. The van der Waals surface area contributed by atoms with E-state index >= 15 is 0 Å². The summed E-state index contributed by atoms with van der Waals surface area (Å²) in [5.41, 5.74) is 5.98. The van der Waals surface area contributed by atoms with Crippen molar-refractivity contribution in [2.45, 2.75) is 19.4 Å². The zero-order valence-electron chi connectivity index (χ0n) is 9.33. The van der Waals surface area contributed by atoms with Crippen LogP contribution < -0.4 is 5.73 Å². The van der Waals surface area contributed by atoms with Gasteiger partial charge in [0.25, 0.3) is 0 Å². The van der Waals surface area contributed by atoms with Crippen LogP contribution in [0, 0.1) is 0 Å². The minimum Gasteiger partial charge on any atom is -0.495 e. The first-order valence-electron chi connectivity index (χ1n) is 4.94. The zero-order valence-corrected chi connectivity index (χ0v) is 10.8. The third kappa shape index (κ3) is 2.10. The molecule has 0 aliphatic carbocycles. The summed E-state index contributed by atoms with van der Waals surface area (Å²) in [6.45, 7) is 3.50. The molecule has 90 valence electrons.